The van der Waals surface area contributed by atoms with Crippen LogP contribution in [0.25, 0.3) is 105 Å². The molecule has 0 aliphatic rings. The Morgan fingerprint density at radius 2 is 0.740 bits per heavy atom. The van der Waals surface area contributed by atoms with Crippen LogP contribution >= 0.6 is 0 Å². The summed E-state index contributed by atoms with van der Waals surface area (Å²) in [6, 6.07) is 77.8. The van der Waals surface area contributed by atoms with Gasteiger partial charge in [0.1, 0.15) is 11.6 Å². The van der Waals surface area contributed by atoms with Crippen molar-refractivity contribution in [3.05, 3.63) is 237 Å². The Balaban J connectivity index is 0.00000271. The Bertz CT molecular complexity index is 4080. The van der Waals surface area contributed by atoms with Gasteiger partial charge in [-0.1, -0.05) is 142 Å². The molecular weight excluding hydrogens is 1260 g/mol. The number of nitrogens with zero attached hydrogens (tertiary/aromatic N) is 7. The minimum absolute atomic E-state index is 0. The van der Waals surface area contributed by atoms with Crippen LogP contribution in [-0.4, -0.2) is 33.6 Å². The molecule has 0 radical (unpaired) electrons. The van der Waals surface area contributed by atoms with E-state index in [-0.39, 0.29) is 42.1 Å². The van der Waals surface area contributed by atoms with Gasteiger partial charge >= 0.3 is 42.1 Å². The first-order chi connectivity index (χ1) is 35.2. The summed E-state index contributed by atoms with van der Waals surface area (Å²) in [6.45, 7) is 0. The van der Waals surface area contributed by atoms with Gasteiger partial charge in [-0.05, 0) is 64.4 Å². The van der Waals surface area contributed by atoms with Gasteiger partial charge in [-0.2, -0.15) is 22.9 Å². The molecule has 350 valence electrons. The molecule has 9 nitrogen and oxygen atoms in total. The van der Waals surface area contributed by atoms with Crippen LogP contribution in [0.3, 0.4) is 0 Å². The molecule has 6 heterocycles. The van der Waals surface area contributed by atoms with Crippen molar-refractivity contribution in [2.45, 2.75) is 0 Å². The van der Waals surface area contributed by atoms with Crippen molar-refractivity contribution in [2.24, 2.45) is 0 Å². The normalized spacial score (nSPS) is 11.3. The molecule has 0 N–H and O–H groups in total. The van der Waals surface area contributed by atoms with Crippen molar-refractivity contribution in [1.29, 1.82) is 0 Å². The number of rotatable bonds is 9. The number of fused-ring (bicyclic) bond motifs is 9. The molecule has 0 aliphatic heterocycles. The van der Waals surface area contributed by atoms with Crippen LogP contribution in [-0.2, 0) is 42.1 Å². The zero-order valence-corrected chi connectivity index (χ0v) is 42.8. The molecule has 0 saturated heterocycles. The fourth-order valence-electron chi connectivity index (χ4n) is 10.0. The van der Waals surface area contributed by atoms with Gasteiger partial charge < -0.3 is 23.2 Å². The Kier molecular flexibility index (Phi) is 11.8. The van der Waals surface area contributed by atoms with Crippen LogP contribution in [0.5, 0.6) is 23.0 Å². The zero-order valence-electron chi connectivity index (χ0n) is 38.3. The molecule has 0 aliphatic carbocycles. The van der Waals surface area contributed by atoms with Gasteiger partial charge in [-0.15, -0.1) is 59.7 Å². The van der Waals surface area contributed by atoms with E-state index in [1.807, 2.05) is 89.8 Å². The predicted molar refractivity (Wildman–Crippen MR) is 280 cm³/mol. The van der Waals surface area contributed by atoms with Gasteiger partial charge in [0.25, 0.3) is 0 Å². The van der Waals surface area contributed by atoms with Gasteiger partial charge in [0.15, 0.2) is 0 Å². The van der Waals surface area contributed by atoms with Gasteiger partial charge in [-0.25, -0.2) is 19.9 Å². The molecule has 6 aromatic heterocycles. The minimum Gasteiger partial charge on any atom is -0.509 e. The molecule has 8 aromatic carbocycles. The molecule has 0 spiro atoms. The Labute approximate surface area is 447 Å². The van der Waals surface area contributed by atoms with Crippen molar-refractivity contribution >= 4 is 65.4 Å². The molecule has 0 bridgehead atoms. The first-order valence-electron chi connectivity index (χ1n) is 23.2. The van der Waals surface area contributed by atoms with Crippen LogP contribution in [0, 0.1) is 24.3 Å². The third-order valence-corrected chi connectivity index (χ3v) is 13.0. The van der Waals surface area contributed by atoms with Crippen molar-refractivity contribution in [3.8, 4) is 62.8 Å². The molecule has 11 heteroatoms. The molecule has 73 heavy (non-hydrogen) atoms. The van der Waals surface area contributed by atoms with Crippen molar-refractivity contribution in [1.82, 2.24) is 33.6 Å². The fourth-order valence-corrected chi connectivity index (χ4v) is 10.0. The Morgan fingerprint density at radius 1 is 0.329 bits per heavy atom. The second-order valence-corrected chi connectivity index (χ2v) is 17.1. The number of benzene rings is 8. The van der Waals surface area contributed by atoms with Crippen molar-refractivity contribution in [3.63, 3.8) is 0 Å². The smallest absolute Gasteiger partial charge is 0.509 e. The van der Waals surface area contributed by atoms with Crippen LogP contribution in [0.2, 0.25) is 0 Å². The number of para-hydroxylation sites is 2. The first kappa shape index (κ1) is 45.6. The Morgan fingerprint density at radius 3 is 1.19 bits per heavy atom. The SMILES string of the molecule is [Pt+2].[Pt+2].[c-]1c(Oc2[c-]c3c(c(-c4ccccc4)c2)c2ccccc2n3-c2ccccn2)ccc2c3ccc(Oc4[c-]c5c(c(-c6ccccc6)c4)c4ccccc4n5-c4ccccn4)[c-]c3n(-c3ncccn3)c12. The van der Waals surface area contributed by atoms with Crippen LogP contribution in [0.15, 0.2) is 213 Å². The average molecular weight is 1300 g/mol. The van der Waals surface area contributed by atoms with E-state index in [2.05, 4.69) is 143 Å². The number of hydrogen-bond donors (Lipinski definition) is 0. The molecule has 14 aromatic rings. The molecule has 0 fully saturated rings. The maximum Gasteiger partial charge on any atom is 2.00 e. The second-order valence-electron chi connectivity index (χ2n) is 17.1. The van der Waals surface area contributed by atoms with Crippen LogP contribution in [0.4, 0.5) is 0 Å². The third-order valence-electron chi connectivity index (χ3n) is 13.0. The van der Waals surface area contributed by atoms with E-state index < -0.39 is 0 Å². The van der Waals surface area contributed by atoms with E-state index in [4.69, 9.17) is 29.4 Å². The third kappa shape index (κ3) is 7.80. The summed E-state index contributed by atoms with van der Waals surface area (Å²) in [6.07, 6.45) is 7.08. The molecule has 0 unspecified atom stereocenters. The minimum atomic E-state index is 0. The predicted octanol–water partition coefficient (Wildman–Crippen LogP) is 14.7. The van der Waals surface area contributed by atoms with E-state index in [0.717, 1.165) is 88.3 Å². The summed E-state index contributed by atoms with van der Waals surface area (Å²) in [5.74, 6) is 4.05. The van der Waals surface area contributed by atoms with E-state index in [9.17, 15) is 0 Å². The summed E-state index contributed by atoms with van der Waals surface area (Å²) >= 11 is 0. The second kappa shape index (κ2) is 18.9. The van der Waals surface area contributed by atoms with Crippen LogP contribution < -0.4 is 9.47 Å². The maximum atomic E-state index is 6.83. The largest absolute Gasteiger partial charge is 2.00 e. The summed E-state index contributed by atoms with van der Waals surface area (Å²) < 4.78 is 19.9. The average Bonchev–Trinajstić information content (AvgIpc) is 4.06. The van der Waals surface area contributed by atoms with Gasteiger partial charge in [0.05, 0.1) is 0 Å². The van der Waals surface area contributed by atoms with E-state index in [0.29, 0.717) is 40.0 Å². The molecule has 0 saturated carbocycles. The first-order valence-corrected chi connectivity index (χ1v) is 23.2. The number of ether oxygens (including phenoxy) is 2. The summed E-state index contributed by atoms with van der Waals surface area (Å²) in [5, 5.41) is 6.14. The quantitative estimate of drug-likeness (QED) is 0.134. The molecule has 14 rings (SSSR count). The van der Waals surface area contributed by atoms with Gasteiger partial charge in [-0.3, -0.25) is 0 Å². The molecular formula is C62H35N7O2Pt2. The van der Waals surface area contributed by atoms with Crippen molar-refractivity contribution < 1.29 is 51.6 Å². The van der Waals surface area contributed by atoms with Gasteiger partial charge in [0.2, 0.25) is 5.95 Å². The number of aromatic nitrogens is 7. The van der Waals surface area contributed by atoms with E-state index in [1.165, 1.54) is 0 Å². The maximum absolute atomic E-state index is 6.83. The summed E-state index contributed by atoms with van der Waals surface area (Å²) in [4.78, 5) is 19.0. The number of pyridine rings is 2. The molecule has 0 atom stereocenters. The summed E-state index contributed by atoms with van der Waals surface area (Å²) in [5.41, 5.74) is 9.30. The standard InChI is InChI=1S/C62H35N7O2.2Pt/c1-3-16-40(17-4-1)50-34-44(38-56-60(50)48-20-7-9-22-52(48)67(56)58-24-11-13-30-63-58)70-42-26-28-46-47-29-27-43(37-55(47)69(54(46)36-42)62-65-32-15-33-66-62)71-45-35-51(41-18-5-2-6-19-41)61-49-21-8-10-23-53(49)68(57(61)39-45)59-25-12-14-31-64-59;;/h1-35H;;/q-4;2*+2. The van der Waals surface area contributed by atoms with E-state index in [1.54, 1.807) is 18.5 Å². The topological polar surface area (TPSA) is 84.8 Å². The monoisotopic (exact) mass is 1300 g/mol. The fraction of sp³-hybridized carbons (Fsp3) is 0. The number of hydrogen-bond acceptors (Lipinski definition) is 6. The van der Waals surface area contributed by atoms with Crippen LogP contribution in [0.1, 0.15) is 0 Å². The van der Waals surface area contributed by atoms with Gasteiger partial charge in [0, 0.05) is 58.8 Å². The van der Waals surface area contributed by atoms with E-state index >= 15 is 0 Å². The zero-order chi connectivity index (χ0) is 46.8. The molecule has 0 amide bonds. The van der Waals surface area contributed by atoms with Crippen molar-refractivity contribution in [2.75, 3.05) is 0 Å². The summed E-state index contributed by atoms with van der Waals surface area (Å²) in [7, 11) is 0. The Hall–Kier alpha value is -8.48.